The van der Waals surface area contributed by atoms with E-state index in [4.69, 9.17) is 4.74 Å². The number of hydrogen-bond acceptors (Lipinski definition) is 1. The zero-order chi connectivity index (χ0) is 12.2. The number of para-hydroxylation sites is 1. The number of hydrogen-bond donors (Lipinski definition) is 0. The Balaban J connectivity index is 2.74. The highest BCUT2D eigenvalue weighted by atomic mass is 79.9. The standard InChI is InChI=1S/C14H21BrO/c1-11(2)12-7-5-6-8-13(12)16-10-14(3,4)9-15/h5-8,11H,9-10H2,1-4H3. The van der Waals surface area contributed by atoms with Crippen molar-refractivity contribution in [1.82, 2.24) is 0 Å². The molecule has 0 amide bonds. The van der Waals surface area contributed by atoms with Gasteiger partial charge in [-0.2, -0.15) is 0 Å². The van der Waals surface area contributed by atoms with Crippen molar-refractivity contribution < 1.29 is 4.74 Å². The third-order valence-electron chi connectivity index (χ3n) is 2.52. The minimum Gasteiger partial charge on any atom is -0.493 e. The maximum Gasteiger partial charge on any atom is 0.122 e. The fourth-order valence-electron chi connectivity index (χ4n) is 1.40. The Morgan fingerprint density at radius 1 is 1.25 bits per heavy atom. The third-order valence-corrected chi connectivity index (χ3v) is 4.04. The van der Waals surface area contributed by atoms with Crippen molar-refractivity contribution in [2.75, 3.05) is 11.9 Å². The largest absolute Gasteiger partial charge is 0.493 e. The zero-order valence-corrected chi connectivity index (χ0v) is 12.2. The van der Waals surface area contributed by atoms with Gasteiger partial charge in [0.25, 0.3) is 0 Å². The van der Waals surface area contributed by atoms with Gasteiger partial charge in [-0.15, -0.1) is 0 Å². The van der Waals surface area contributed by atoms with Crippen LogP contribution in [-0.4, -0.2) is 11.9 Å². The summed E-state index contributed by atoms with van der Waals surface area (Å²) in [5.41, 5.74) is 1.46. The van der Waals surface area contributed by atoms with Gasteiger partial charge in [0.15, 0.2) is 0 Å². The molecule has 0 saturated carbocycles. The van der Waals surface area contributed by atoms with Crippen LogP contribution in [0.2, 0.25) is 0 Å². The van der Waals surface area contributed by atoms with Crippen LogP contribution in [0.4, 0.5) is 0 Å². The molecule has 0 saturated heterocycles. The highest BCUT2D eigenvalue weighted by molar-refractivity contribution is 9.09. The van der Waals surface area contributed by atoms with Crippen LogP contribution >= 0.6 is 15.9 Å². The average molecular weight is 285 g/mol. The lowest BCUT2D eigenvalue weighted by Crippen LogP contribution is -2.23. The molecule has 1 aromatic rings. The van der Waals surface area contributed by atoms with E-state index in [1.165, 1.54) is 5.56 Å². The molecule has 1 aromatic carbocycles. The van der Waals surface area contributed by atoms with E-state index in [-0.39, 0.29) is 5.41 Å². The maximum absolute atomic E-state index is 5.92. The lowest BCUT2D eigenvalue weighted by Gasteiger charge is -2.23. The van der Waals surface area contributed by atoms with E-state index in [2.05, 4.69) is 61.8 Å². The normalized spacial score (nSPS) is 11.9. The molecule has 0 aliphatic carbocycles. The topological polar surface area (TPSA) is 9.23 Å². The first-order valence-electron chi connectivity index (χ1n) is 5.74. The molecule has 0 radical (unpaired) electrons. The second-order valence-electron chi connectivity index (χ2n) is 5.28. The third kappa shape index (κ3) is 3.82. The predicted molar refractivity (Wildman–Crippen MR) is 73.6 cm³/mol. The molecular formula is C14H21BrO. The Hall–Kier alpha value is -0.500. The van der Waals surface area contributed by atoms with Crippen LogP contribution in [0.15, 0.2) is 24.3 Å². The molecule has 0 heterocycles. The van der Waals surface area contributed by atoms with Gasteiger partial charge >= 0.3 is 0 Å². The summed E-state index contributed by atoms with van der Waals surface area (Å²) in [5, 5.41) is 0.948. The summed E-state index contributed by atoms with van der Waals surface area (Å²) in [4.78, 5) is 0. The van der Waals surface area contributed by atoms with Crippen LogP contribution in [0.1, 0.15) is 39.2 Å². The summed E-state index contributed by atoms with van der Waals surface area (Å²) in [6, 6.07) is 8.29. The molecule has 0 atom stereocenters. The Bertz CT molecular complexity index is 331. The number of halogens is 1. The SMILES string of the molecule is CC(C)c1ccccc1OCC(C)(C)CBr. The van der Waals surface area contributed by atoms with Gasteiger partial charge in [-0.05, 0) is 17.5 Å². The second-order valence-corrected chi connectivity index (χ2v) is 5.84. The van der Waals surface area contributed by atoms with Crippen LogP contribution in [0.5, 0.6) is 5.75 Å². The van der Waals surface area contributed by atoms with Gasteiger partial charge < -0.3 is 4.74 Å². The Morgan fingerprint density at radius 2 is 1.88 bits per heavy atom. The monoisotopic (exact) mass is 284 g/mol. The fraction of sp³-hybridized carbons (Fsp3) is 0.571. The number of benzene rings is 1. The van der Waals surface area contributed by atoms with E-state index < -0.39 is 0 Å². The van der Waals surface area contributed by atoms with E-state index in [9.17, 15) is 0 Å². The van der Waals surface area contributed by atoms with Crippen molar-refractivity contribution in [1.29, 1.82) is 0 Å². The Labute approximate surface area is 107 Å². The first-order valence-corrected chi connectivity index (χ1v) is 6.86. The minimum atomic E-state index is 0.171. The molecule has 0 unspecified atom stereocenters. The molecule has 0 aliphatic rings. The van der Waals surface area contributed by atoms with Crippen LogP contribution in [-0.2, 0) is 0 Å². The second kappa shape index (κ2) is 5.72. The van der Waals surface area contributed by atoms with Crippen molar-refractivity contribution in [3.05, 3.63) is 29.8 Å². The summed E-state index contributed by atoms with van der Waals surface area (Å²) in [6.45, 7) is 9.51. The molecule has 0 fully saturated rings. The lowest BCUT2D eigenvalue weighted by molar-refractivity contribution is 0.201. The van der Waals surface area contributed by atoms with Gasteiger partial charge in [0.05, 0.1) is 6.61 Å². The Morgan fingerprint density at radius 3 is 2.44 bits per heavy atom. The fourth-order valence-corrected chi connectivity index (χ4v) is 1.56. The minimum absolute atomic E-state index is 0.171. The molecule has 0 aromatic heterocycles. The number of rotatable bonds is 5. The van der Waals surface area contributed by atoms with E-state index in [1.54, 1.807) is 0 Å². The number of alkyl halides is 1. The van der Waals surface area contributed by atoms with Gasteiger partial charge in [0.1, 0.15) is 5.75 Å². The molecule has 1 nitrogen and oxygen atoms in total. The van der Waals surface area contributed by atoms with E-state index >= 15 is 0 Å². The van der Waals surface area contributed by atoms with Gasteiger partial charge in [-0.3, -0.25) is 0 Å². The molecule has 90 valence electrons. The molecule has 0 aliphatic heterocycles. The van der Waals surface area contributed by atoms with E-state index in [0.717, 1.165) is 17.7 Å². The summed E-state index contributed by atoms with van der Waals surface area (Å²) in [5.74, 6) is 1.52. The van der Waals surface area contributed by atoms with E-state index in [1.807, 2.05) is 6.07 Å². The quantitative estimate of drug-likeness (QED) is 0.718. The van der Waals surface area contributed by atoms with Crippen LogP contribution in [0.3, 0.4) is 0 Å². The van der Waals surface area contributed by atoms with Crippen LogP contribution in [0.25, 0.3) is 0 Å². The van der Waals surface area contributed by atoms with Crippen molar-refractivity contribution >= 4 is 15.9 Å². The molecule has 2 heteroatoms. The summed E-state index contributed by atoms with van der Waals surface area (Å²) < 4.78 is 5.92. The van der Waals surface area contributed by atoms with Gasteiger partial charge in [0.2, 0.25) is 0 Å². The summed E-state index contributed by atoms with van der Waals surface area (Å²) in [6.07, 6.45) is 0. The number of ether oxygens (including phenoxy) is 1. The summed E-state index contributed by atoms with van der Waals surface area (Å²) >= 11 is 3.51. The van der Waals surface area contributed by atoms with Crippen LogP contribution in [0, 0.1) is 5.41 Å². The first-order chi connectivity index (χ1) is 7.46. The van der Waals surface area contributed by atoms with Crippen molar-refractivity contribution in [3.8, 4) is 5.75 Å². The molecular weight excluding hydrogens is 264 g/mol. The van der Waals surface area contributed by atoms with Gasteiger partial charge in [0, 0.05) is 10.7 Å². The van der Waals surface area contributed by atoms with Crippen LogP contribution < -0.4 is 4.74 Å². The lowest BCUT2D eigenvalue weighted by atomic mass is 9.98. The van der Waals surface area contributed by atoms with Crippen molar-refractivity contribution in [2.24, 2.45) is 5.41 Å². The predicted octanol–water partition coefficient (Wildman–Crippen LogP) is 4.61. The molecule has 1 rings (SSSR count). The van der Waals surface area contributed by atoms with Gasteiger partial charge in [-0.1, -0.05) is 61.8 Å². The van der Waals surface area contributed by atoms with Gasteiger partial charge in [-0.25, -0.2) is 0 Å². The highest BCUT2D eigenvalue weighted by Crippen LogP contribution is 2.28. The first kappa shape index (κ1) is 13.6. The molecule has 16 heavy (non-hydrogen) atoms. The Kier molecular flexibility index (Phi) is 4.85. The zero-order valence-electron chi connectivity index (χ0n) is 10.6. The highest BCUT2D eigenvalue weighted by Gasteiger charge is 2.18. The van der Waals surface area contributed by atoms with E-state index in [0.29, 0.717) is 5.92 Å². The molecule has 0 bridgehead atoms. The van der Waals surface area contributed by atoms with Crippen molar-refractivity contribution in [2.45, 2.75) is 33.6 Å². The summed E-state index contributed by atoms with van der Waals surface area (Å²) in [7, 11) is 0. The molecule has 0 spiro atoms. The molecule has 0 N–H and O–H groups in total. The smallest absolute Gasteiger partial charge is 0.122 e. The maximum atomic E-state index is 5.92. The van der Waals surface area contributed by atoms with Crippen molar-refractivity contribution in [3.63, 3.8) is 0 Å². The average Bonchev–Trinajstić information content (AvgIpc) is 2.27.